The van der Waals surface area contributed by atoms with E-state index >= 15 is 0 Å². The molecule has 0 bridgehead atoms. The Balaban J connectivity index is 2.26. The highest BCUT2D eigenvalue weighted by atomic mass is 19.4. The second-order valence-electron chi connectivity index (χ2n) is 10.2. The molecular formula is C27H28F3N3O4. The molecule has 0 unspecified atom stereocenters. The van der Waals surface area contributed by atoms with E-state index in [1.54, 1.807) is 50.2 Å². The number of methoxy groups -OCH3 is 1. The zero-order valence-corrected chi connectivity index (χ0v) is 21.3. The number of alkyl halides is 3. The molecule has 0 aliphatic heterocycles. The molecule has 3 aromatic carbocycles. The van der Waals surface area contributed by atoms with E-state index in [1.165, 1.54) is 13.2 Å². The van der Waals surface area contributed by atoms with Crippen LogP contribution in [0.1, 0.15) is 56.9 Å². The SMILES string of the molecule is COc1ccc(C(C)(C)c2cc(C(F)(F)F)cc(N=Nc3cc(C(C)(C)C)ccc3O)c2[N+](=O)[O-])cc1. The molecule has 0 saturated carbocycles. The first-order valence-corrected chi connectivity index (χ1v) is 11.4. The molecule has 0 fully saturated rings. The quantitative estimate of drug-likeness (QED) is 0.203. The first kappa shape index (κ1) is 27.6. The van der Waals surface area contributed by atoms with Gasteiger partial charge in [-0.3, -0.25) is 10.1 Å². The molecule has 3 rings (SSSR count). The number of aromatic hydroxyl groups is 1. The lowest BCUT2D eigenvalue weighted by molar-refractivity contribution is -0.385. The van der Waals surface area contributed by atoms with Crippen molar-refractivity contribution in [1.29, 1.82) is 0 Å². The minimum Gasteiger partial charge on any atom is -0.506 e. The predicted octanol–water partition coefficient (Wildman–Crippen LogP) is 8.37. The number of hydrogen-bond acceptors (Lipinski definition) is 6. The molecule has 0 atom stereocenters. The second kappa shape index (κ2) is 9.84. The first-order valence-electron chi connectivity index (χ1n) is 11.4. The van der Waals surface area contributed by atoms with Crippen LogP contribution in [0.15, 0.2) is 64.8 Å². The lowest BCUT2D eigenvalue weighted by Gasteiger charge is -2.27. The van der Waals surface area contributed by atoms with Gasteiger partial charge in [0.05, 0.1) is 17.6 Å². The fourth-order valence-electron chi connectivity index (χ4n) is 3.87. The molecule has 37 heavy (non-hydrogen) atoms. The van der Waals surface area contributed by atoms with Crippen molar-refractivity contribution in [3.8, 4) is 11.5 Å². The maximum atomic E-state index is 13.9. The van der Waals surface area contributed by atoms with Gasteiger partial charge in [0.15, 0.2) is 5.69 Å². The summed E-state index contributed by atoms with van der Waals surface area (Å²) in [7, 11) is 1.48. The van der Waals surface area contributed by atoms with Gasteiger partial charge in [-0.25, -0.2) is 0 Å². The Kier molecular flexibility index (Phi) is 7.35. The van der Waals surface area contributed by atoms with E-state index in [0.717, 1.165) is 11.6 Å². The molecule has 0 heterocycles. The lowest BCUT2D eigenvalue weighted by atomic mass is 9.76. The third-order valence-corrected chi connectivity index (χ3v) is 6.19. The number of nitro groups is 1. The van der Waals surface area contributed by atoms with Crippen molar-refractivity contribution < 1.29 is 27.9 Å². The molecule has 196 valence electrons. The summed E-state index contributed by atoms with van der Waals surface area (Å²) in [5, 5.41) is 30.2. The van der Waals surface area contributed by atoms with E-state index in [1.807, 2.05) is 20.8 Å². The van der Waals surface area contributed by atoms with Gasteiger partial charge in [-0.2, -0.15) is 13.2 Å². The molecule has 0 radical (unpaired) electrons. The van der Waals surface area contributed by atoms with Crippen LogP contribution in [-0.2, 0) is 17.0 Å². The molecule has 0 aromatic heterocycles. The Morgan fingerprint density at radius 3 is 1.89 bits per heavy atom. The maximum Gasteiger partial charge on any atom is 0.416 e. The van der Waals surface area contributed by atoms with Gasteiger partial charge in [-0.1, -0.05) is 52.8 Å². The largest absolute Gasteiger partial charge is 0.506 e. The van der Waals surface area contributed by atoms with E-state index < -0.39 is 33.5 Å². The molecule has 1 N–H and O–H groups in total. The average Bonchev–Trinajstić information content (AvgIpc) is 2.81. The highest BCUT2D eigenvalue weighted by Crippen LogP contribution is 2.46. The van der Waals surface area contributed by atoms with Crippen molar-refractivity contribution in [2.45, 2.75) is 51.6 Å². The van der Waals surface area contributed by atoms with Gasteiger partial charge in [0.1, 0.15) is 17.2 Å². The Bertz CT molecular complexity index is 1340. The normalized spacial score (nSPS) is 12.7. The molecular weight excluding hydrogens is 487 g/mol. The molecule has 0 spiro atoms. The number of phenolic OH excluding ortho intramolecular Hbond substituents is 1. The minimum absolute atomic E-state index is 0.0184. The summed E-state index contributed by atoms with van der Waals surface area (Å²) in [5.41, 5.74) is -2.68. The smallest absolute Gasteiger partial charge is 0.416 e. The number of rotatable bonds is 6. The van der Waals surface area contributed by atoms with Crippen LogP contribution in [0.4, 0.5) is 30.2 Å². The topological polar surface area (TPSA) is 97.3 Å². The van der Waals surface area contributed by atoms with E-state index in [0.29, 0.717) is 17.4 Å². The molecule has 7 nitrogen and oxygen atoms in total. The number of halogens is 3. The van der Waals surface area contributed by atoms with Crippen LogP contribution in [0, 0.1) is 10.1 Å². The van der Waals surface area contributed by atoms with Gasteiger partial charge in [0.2, 0.25) is 0 Å². The number of nitro benzene ring substituents is 1. The van der Waals surface area contributed by atoms with Crippen LogP contribution in [0.5, 0.6) is 11.5 Å². The number of phenols is 1. The van der Waals surface area contributed by atoms with Gasteiger partial charge in [-0.05, 0) is 52.9 Å². The molecule has 0 aliphatic rings. The number of hydrogen-bond donors (Lipinski definition) is 1. The predicted molar refractivity (Wildman–Crippen MR) is 134 cm³/mol. The summed E-state index contributed by atoms with van der Waals surface area (Å²) in [6.07, 6.45) is -4.79. The monoisotopic (exact) mass is 515 g/mol. The number of benzene rings is 3. The van der Waals surface area contributed by atoms with Gasteiger partial charge >= 0.3 is 11.9 Å². The number of nitrogens with zero attached hydrogens (tertiary/aromatic N) is 3. The van der Waals surface area contributed by atoms with Crippen LogP contribution >= 0.6 is 0 Å². The van der Waals surface area contributed by atoms with Crippen LogP contribution in [-0.4, -0.2) is 17.1 Å². The van der Waals surface area contributed by atoms with Crippen LogP contribution in [0.25, 0.3) is 0 Å². The van der Waals surface area contributed by atoms with Gasteiger partial charge in [-0.15, -0.1) is 10.2 Å². The fraction of sp³-hybridized carbons (Fsp3) is 0.333. The number of azo groups is 1. The first-order chi connectivity index (χ1) is 17.1. The van der Waals surface area contributed by atoms with E-state index in [-0.39, 0.29) is 22.4 Å². The van der Waals surface area contributed by atoms with Gasteiger partial charge in [0.25, 0.3) is 0 Å². The third kappa shape index (κ3) is 5.90. The third-order valence-electron chi connectivity index (χ3n) is 6.19. The van der Waals surface area contributed by atoms with Crippen molar-refractivity contribution in [1.82, 2.24) is 0 Å². The summed E-state index contributed by atoms with van der Waals surface area (Å²) < 4.78 is 46.8. The Labute approximate surface area is 212 Å². The lowest BCUT2D eigenvalue weighted by Crippen LogP contribution is -2.22. The Hall–Kier alpha value is -3.95. The zero-order chi connectivity index (χ0) is 27.8. The van der Waals surface area contributed by atoms with Crippen molar-refractivity contribution >= 4 is 17.1 Å². The maximum absolute atomic E-state index is 13.9. The van der Waals surface area contributed by atoms with Crippen molar-refractivity contribution in [3.05, 3.63) is 87.0 Å². The average molecular weight is 516 g/mol. The van der Waals surface area contributed by atoms with Crippen molar-refractivity contribution in [3.63, 3.8) is 0 Å². The second-order valence-corrected chi connectivity index (χ2v) is 10.2. The summed E-state index contributed by atoms with van der Waals surface area (Å²) in [5.74, 6) is 0.273. The molecule has 0 saturated heterocycles. The van der Waals surface area contributed by atoms with Crippen molar-refractivity contribution in [2.24, 2.45) is 10.2 Å². The number of ether oxygens (including phenoxy) is 1. The Morgan fingerprint density at radius 2 is 1.38 bits per heavy atom. The molecule has 0 amide bonds. The fourth-order valence-corrected chi connectivity index (χ4v) is 3.87. The zero-order valence-electron chi connectivity index (χ0n) is 21.3. The summed E-state index contributed by atoms with van der Waals surface area (Å²) >= 11 is 0. The van der Waals surface area contributed by atoms with Crippen LogP contribution in [0.3, 0.4) is 0 Å². The van der Waals surface area contributed by atoms with Gasteiger partial charge < -0.3 is 9.84 Å². The van der Waals surface area contributed by atoms with Crippen LogP contribution < -0.4 is 4.74 Å². The van der Waals surface area contributed by atoms with Gasteiger partial charge in [0, 0.05) is 11.0 Å². The highest BCUT2D eigenvalue weighted by molar-refractivity contribution is 5.67. The van der Waals surface area contributed by atoms with E-state index in [9.17, 15) is 28.4 Å². The minimum atomic E-state index is -4.79. The van der Waals surface area contributed by atoms with Crippen molar-refractivity contribution in [2.75, 3.05) is 7.11 Å². The summed E-state index contributed by atoms with van der Waals surface area (Å²) in [6.45, 7) is 9.00. The molecule has 3 aromatic rings. The summed E-state index contributed by atoms with van der Waals surface area (Å²) in [6, 6.07) is 12.5. The standard InChI is InChI=1S/C27H28F3N3O4/c1-25(2,3)17-9-12-23(34)21(14-17)31-32-22-15-18(27(28,29)30)13-20(24(22)33(35)36)26(4,5)16-7-10-19(37-6)11-8-16/h7-15,34H,1-6H3. The molecule has 10 heteroatoms. The summed E-state index contributed by atoms with van der Waals surface area (Å²) in [4.78, 5) is 11.4. The van der Waals surface area contributed by atoms with Crippen LogP contribution in [0.2, 0.25) is 0 Å². The van der Waals surface area contributed by atoms with E-state index in [4.69, 9.17) is 4.74 Å². The molecule has 0 aliphatic carbocycles. The highest BCUT2D eigenvalue weighted by Gasteiger charge is 2.39. The van der Waals surface area contributed by atoms with E-state index in [2.05, 4.69) is 10.2 Å². The Morgan fingerprint density at radius 1 is 0.838 bits per heavy atom.